The first-order valence-corrected chi connectivity index (χ1v) is 4.76. The number of carbonyl (C=O) groups excluding carboxylic acids is 1. The molecule has 4 heteroatoms. The van der Waals surface area contributed by atoms with Gasteiger partial charge in [0.25, 0.3) is 0 Å². The Kier molecular flexibility index (Phi) is 4.63. The van der Waals surface area contributed by atoms with E-state index in [1.165, 1.54) is 7.11 Å². The van der Waals surface area contributed by atoms with Crippen LogP contribution < -0.4 is 5.32 Å². The SMILES string of the molecule is COCC(=O)NCCc1ccc(O)cc1. The Labute approximate surface area is 88.9 Å². The first-order valence-electron chi connectivity index (χ1n) is 4.76. The van der Waals surface area contributed by atoms with Crippen molar-refractivity contribution in [3.8, 4) is 5.75 Å². The fourth-order valence-electron chi connectivity index (χ4n) is 1.19. The molecule has 82 valence electrons. The molecule has 0 heterocycles. The van der Waals surface area contributed by atoms with Crippen LogP contribution in [0.5, 0.6) is 5.75 Å². The van der Waals surface area contributed by atoms with Crippen molar-refractivity contribution in [3.63, 3.8) is 0 Å². The van der Waals surface area contributed by atoms with Crippen LogP contribution in [0.15, 0.2) is 24.3 Å². The van der Waals surface area contributed by atoms with Crippen LogP contribution in [0.4, 0.5) is 0 Å². The normalized spacial score (nSPS) is 9.93. The molecular formula is C11H15NO3. The van der Waals surface area contributed by atoms with Crippen molar-refractivity contribution >= 4 is 5.91 Å². The number of ether oxygens (including phenoxy) is 1. The van der Waals surface area contributed by atoms with Gasteiger partial charge < -0.3 is 15.2 Å². The molecule has 0 spiro atoms. The van der Waals surface area contributed by atoms with Crippen LogP contribution in [-0.2, 0) is 16.0 Å². The molecule has 0 aliphatic rings. The summed E-state index contributed by atoms with van der Waals surface area (Å²) in [7, 11) is 1.49. The Balaban J connectivity index is 2.26. The van der Waals surface area contributed by atoms with Gasteiger partial charge >= 0.3 is 0 Å². The quantitative estimate of drug-likeness (QED) is 0.750. The third-order valence-electron chi connectivity index (χ3n) is 1.95. The molecule has 0 aromatic heterocycles. The zero-order valence-corrected chi connectivity index (χ0v) is 8.69. The van der Waals surface area contributed by atoms with Crippen molar-refractivity contribution in [2.45, 2.75) is 6.42 Å². The maximum absolute atomic E-state index is 11.0. The molecule has 0 saturated heterocycles. The van der Waals surface area contributed by atoms with E-state index < -0.39 is 0 Å². The van der Waals surface area contributed by atoms with E-state index in [2.05, 4.69) is 10.1 Å². The van der Waals surface area contributed by atoms with Crippen molar-refractivity contribution in [2.75, 3.05) is 20.3 Å². The van der Waals surface area contributed by atoms with Crippen molar-refractivity contribution in [2.24, 2.45) is 0 Å². The minimum absolute atomic E-state index is 0.0928. The molecule has 1 aromatic rings. The molecule has 0 atom stereocenters. The fourth-order valence-corrected chi connectivity index (χ4v) is 1.19. The van der Waals surface area contributed by atoms with Crippen LogP contribution in [0.3, 0.4) is 0 Å². The van der Waals surface area contributed by atoms with Gasteiger partial charge in [-0.05, 0) is 24.1 Å². The van der Waals surface area contributed by atoms with E-state index in [0.717, 1.165) is 12.0 Å². The van der Waals surface area contributed by atoms with Gasteiger partial charge in [-0.15, -0.1) is 0 Å². The van der Waals surface area contributed by atoms with E-state index in [1.54, 1.807) is 12.1 Å². The minimum atomic E-state index is -0.115. The monoisotopic (exact) mass is 209 g/mol. The summed E-state index contributed by atoms with van der Waals surface area (Å²) in [6.07, 6.45) is 0.746. The van der Waals surface area contributed by atoms with E-state index in [0.29, 0.717) is 6.54 Å². The number of amides is 1. The number of hydrogen-bond acceptors (Lipinski definition) is 3. The molecule has 4 nitrogen and oxygen atoms in total. The van der Waals surface area contributed by atoms with Gasteiger partial charge in [0.2, 0.25) is 5.91 Å². The lowest BCUT2D eigenvalue weighted by atomic mass is 10.1. The zero-order valence-electron chi connectivity index (χ0n) is 8.69. The smallest absolute Gasteiger partial charge is 0.245 e. The maximum Gasteiger partial charge on any atom is 0.245 e. The van der Waals surface area contributed by atoms with Gasteiger partial charge in [-0.25, -0.2) is 0 Å². The topological polar surface area (TPSA) is 58.6 Å². The van der Waals surface area contributed by atoms with Crippen molar-refractivity contribution in [3.05, 3.63) is 29.8 Å². The highest BCUT2D eigenvalue weighted by Gasteiger charge is 1.99. The summed E-state index contributed by atoms with van der Waals surface area (Å²) in [5.41, 5.74) is 1.07. The van der Waals surface area contributed by atoms with E-state index in [4.69, 9.17) is 5.11 Å². The highest BCUT2D eigenvalue weighted by atomic mass is 16.5. The van der Waals surface area contributed by atoms with Crippen LogP contribution >= 0.6 is 0 Å². The van der Waals surface area contributed by atoms with E-state index >= 15 is 0 Å². The summed E-state index contributed by atoms with van der Waals surface area (Å²) in [5.74, 6) is 0.137. The van der Waals surface area contributed by atoms with Crippen LogP contribution in [0, 0.1) is 0 Å². The second-order valence-electron chi connectivity index (χ2n) is 3.20. The van der Waals surface area contributed by atoms with Gasteiger partial charge in [0.1, 0.15) is 12.4 Å². The first kappa shape index (κ1) is 11.5. The van der Waals surface area contributed by atoms with Crippen LogP contribution in [0.25, 0.3) is 0 Å². The van der Waals surface area contributed by atoms with Gasteiger partial charge in [-0.3, -0.25) is 4.79 Å². The van der Waals surface area contributed by atoms with Crippen molar-refractivity contribution in [1.82, 2.24) is 5.32 Å². The lowest BCUT2D eigenvalue weighted by Gasteiger charge is -2.04. The van der Waals surface area contributed by atoms with Crippen LogP contribution in [0.2, 0.25) is 0 Å². The molecule has 1 rings (SSSR count). The predicted octanol–water partition coefficient (Wildman–Crippen LogP) is 0.697. The van der Waals surface area contributed by atoms with Gasteiger partial charge in [0.05, 0.1) is 0 Å². The van der Waals surface area contributed by atoms with Crippen molar-refractivity contribution in [1.29, 1.82) is 0 Å². The lowest BCUT2D eigenvalue weighted by molar-refractivity contribution is -0.124. The molecule has 2 N–H and O–H groups in total. The molecule has 1 aromatic carbocycles. The third-order valence-corrected chi connectivity index (χ3v) is 1.95. The second-order valence-corrected chi connectivity index (χ2v) is 3.20. The molecule has 0 bridgehead atoms. The molecular weight excluding hydrogens is 194 g/mol. The van der Waals surface area contributed by atoms with Gasteiger partial charge in [0.15, 0.2) is 0 Å². The van der Waals surface area contributed by atoms with E-state index in [-0.39, 0.29) is 18.3 Å². The molecule has 15 heavy (non-hydrogen) atoms. The highest BCUT2D eigenvalue weighted by Crippen LogP contribution is 2.09. The maximum atomic E-state index is 11.0. The first-order chi connectivity index (χ1) is 7.22. The highest BCUT2D eigenvalue weighted by molar-refractivity contribution is 5.77. The lowest BCUT2D eigenvalue weighted by Crippen LogP contribution is -2.28. The van der Waals surface area contributed by atoms with E-state index in [1.807, 2.05) is 12.1 Å². The fraction of sp³-hybridized carbons (Fsp3) is 0.364. The number of phenolic OH excluding ortho intramolecular Hbond substituents is 1. The minimum Gasteiger partial charge on any atom is -0.508 e. The van der Waals surface area contributed by atoms with E-state index in [9.17, 15) is 4.79 Å². The summed E-state index contributed by atoms with van der Waals surface area (Å²) >= 11 is 0. The Morgan fingerprint density at radius 3 is 2.67 bits per heavy atom. The summed E-state index contributed by atoms with van der Waals surface area (Å²) in [5, 5.41) is 11.8. The largest absolute Gasteiger partial charge is 0.508 e. The Morgan fingerprint density at radius 2 is 2.07 bits per heavy atom. The Bertz CT molecular complexity index is 308. The number of nitrogens with one attached hydrogen (secondary N) is 1. The zero-order chi connectivity index (χ0) is 11.1. The molecule has 0 saturated carbocycles. The summed E-state index contributed by atoms with van der Waals surface area (Å²) in [6, 6.07) is 6.92. The van der Waals surface area contributed by atoms with Crippen molar-refractivity contribution < 1.29 is 14.6 Å². The number of rotatable bonds is 5. The molecule has 0 radical (unpaired) electrons. The third kappa shape index (κ3) is 4.46. The Hall–Kier alpha value is -1.55. The van der Waals surface area contributed by atoms with Crippen LogP contribution in [-0.4, -0.2) is 31.3 Å². The Morgan fingerprint density at radius 1 is 1.40 bits per heavy atom. The summed E-state index contributed by atoms with van der Waals surface area (Å²) in [4.78, 5) is 11.0. The molecule has 0 unspecified atom stereocenters. The standard InChI is InChI=1S/C11H15NO3/c1-15-8-11(14)12-7-6-9-2-4-10(13)5-3-9/h2-5,13H,6-8H2,1H3,(H,12,14). The number of benzene rings is 1. The number of carbonyl (C=O) groups is 1. The average Bonchev–Trinajstić information content (AvgIpc) is 2.21. The van der Waals surface area contributed by atoms with Gasteiger partial charge in [-0.2, -0.15) is 0 Å². The van der Waals surface area contributed by atoms with Crippen LogP contribution in [0.1, 0.15) is 5.56 Å². The summed E-state index contributed by atoms with van der Waals surface area (Å²) in [6.45, 7) is 0.669. The molecule has 0 aliphatic heterocycles. The van der Waals surface area contributed by atoms with Gasteiger partial charge in [0, 0.05) is 13.7 Å². The van der Waals surface area contributed by atoms with Gasteiger partial charge in [-0.1, -0.05) is 12.1 Å². The second kappa shape index (κ2) is 6.03. The number of aromatic hydroxyl groups is 1. The number of phenols is 1. The predicted molar refractivity (Wildman–Crippen MR) is 56.7 cm³/mol. The average molecular weight is 209 g/mol. The number of methoxy groups -OCH3 is 1. The molecule has 0 aliphatic carbocycles. The summed E-state index contributed by atoms with van der Waals surface area (Å²) < 4.78 is 4.68. The number of hydrogen-bond donors (Lipinski definition) is 2. The molecule has 1 amide bonds. The molecule has 0 fully saturated rings.